The van der Waals surface area contributed by atoms with Gasteiger partial charge in [0.1, 0.15) is 11.9 Å². The molecule has 0 aromatic heterocycles. The van der Waals surface area contributed by atoms with Gasteiger partial charge in [-0.15, -0.1) is 0 Å². The quantitative estimate of drug-likeness (QED) is 0.877. The summed E-state index contributed by atoms with van der Waals surface area (Å²) in [6.45, 7) is 4.10. The molecule has 1 N–H and O–H groups in total. The Hall–Kier alpha value is -0.540. The summed E-state index contributed by atoms with van der Waals surface area (Å²) in [5.74, 6) is 0.957. The van der Waals surface area contributed by atoms with Gasteiger partial charge in [-0.25, -0.2) is 0 Å². The van der Waals surface area contributed by atoms with Gasteiger partial charge in [0.25, 0.3) is 0 Å². The standard InChI is InChI=1S/C11H14BrNO/c1-8-2-3-10(12)11(6-8)14-9-4-5-13-7-9/h2-3,6,9,13H,4-5,7H2,1H3. The minimum absolute atomic E-state index is 0.327. The maximum absolute atomic E-state index is 5.88. The van der Waals surface area contributed by atoms with Crippen LogP contribution >= 0.6 is 15.9 Å². The first-order valence-electron chi connectivity index (χ1n) is 4.89. The normalized spacial score (nSPS) is 21.1. The van der Waals surface area contributed by atoms with Crippen molar-refractivity contribution in [3.05, 3.63) is 28.2 Å². The van der Waals surface area contributed by atoms with Gasteiger partial charge in [0.15, 0.2) is 0 Å². The van der Waals surface area contributed by atoms with E-state index in [9.17, 15) is 0 Å². The molecule has 1 fully saturated rings. The van der Waals surface area contributed by atoms with Crippen molar-refractivity contribution in [1.29, 1.82) is 0 Å². The molecule has 76 valence electrons. The third-order valence-corrected chi connectivity index (χ3v) is 3.05. The molecule has 1 unspecified atom stereocenters. The molecule has 0 amide bonds. The zero-order valence-corrected chi connectivity index (χ0v) is 9.80. The molecule has 0 aliphatic carbocycles. The Morgan fingerprint density at radius 3 is 3.07 bits per heavy atom. The van der Waals surface area contributed by atoms with Crippen LogP contribution in [-0.4, -0.2) is 19.2 Å². The predicted octanol–water partition coefficient (Wildman–Crippen LogP) is 2.50. The van der Waals surface area contributed by atoms with Crippen molar-refractivity contribution in [3.8, 4) is 5.75 Å². The zero-order valence-electron chi connectivity index (χ0n) is 8.22. The third-order valence-electron chi connectivity index (χ3n) is 2.40. The van der Waals surface area contributed by atoms with Crippen molar-refractivity contribution in [2.24, 2.45) is 0 Å². The van der Waals surface area contributed by atoms with Crippen LogP contribution in [0.5, 0.6) is 5.75 Å². The van der Waals surface area contributed by atoms with Gasteiger partial charge in [-0.05, 0) is 53.5 Å². The Bertz CT molecular complexity index is 321. The number of aryl methyl sites for hydroxylation is 1. The first-order chi connectivity index (χ1) is 6.75. The number of nitrogens with one attached hydrogen (secondary N) is 1. The van der Waals surface area contributed by atoms with E-state index in [-0.39, 0.29) is 0 Å². The fraction of sp³-hybridized carbons (Fsp3) is 0.455. The highest BCUT2D eigenvalue weighted by molar-refractivity contribution is 9.10. The topological polar surface area (TPSA) is 21.3 Å². The van der Waals surface area contributed by atoms with Gasteiger partial charge in [0, 0.05) is 6.54 Å². The maximum Gasteiger partial charge on any atom is 0.134 e. The summed E-state index contributed by atoms with van der Waals surface area (Å²) >= 11 is 3.49. The van der Waals surface area contributed by atoms with Gasteiger partial charge in [0.05, 0.1) is 4.47 Å². The van der Waals surface area contributed by atoms with Crippen LogP contribution in [0.4, 0.5) is 0 Å². The van der Waals surface area contributed by atoms with Gasteiger partial charge in [-0.3, -0.25) is 0 Å². The molecule has 0 saturated carbocycles. The Kier molecular flexibility index (Phi) is 3.08. The number of benzene rings is 1. The van der Waals surface area contributed by atoms with Crippen LogP contribution in [0.3, 0.4) is 0 Å². The molecule has 3 heteroatoms. The first-order valence-corrected chi connectivity index (χ1v) is 5.68. The second-order valence-electron chi connectivity index (χ2n) is 3.67. The van der Waals surface area contributed by atoms with Crippen LogP contribution < -0.4 is 10.1 Å². The number of hydrogen-bond donors (Lipinski definition) is 1. The second kappa shape index (κ2) is 4.32. The minimum Gasteiger partial charge on any atom is -0.488 e. The summed E-state index contributed by atoms with van der Waals surface area (Å²) in [6.07, 6.45) is 1.42. The lowest BCUT2D eigenvalue weighted by Crippen LogP contribution is -2.19. The lowest BCUT2D eigenvalue weighted by Gasteiger charge is -2.14. The molecule has 1 atom stereocenters. The van der Waals surface area contributed by atoms with E-state index in [4.69, 9.17) is 4.74 Å². The maximum atomic E-state index is 5.88. The highest BCUT2D eigenvalue weighted by Gasteiger charge is 2.16. The van der Waals surface area contributed by atoms with Crippen molar-refractivity contribution < 1.29 is 4.74 Å². The van der Waals surface area contributed by atoms with Crippen molar-refractivity contribution in [3.63, 3.8) is 0 Å². The molecule has 0 radical (unpaired) electrons. The van der Waals surface area contributed by atoms with Crippen LogP contribution in [0.15, 0.2) is 22.7 Å². The molecule has 1 heterocycles. The van der Waals surface area contributed by atoms with Gasteiger partial charge in [-0.1, -0.05) is 6.07 Å². The highest BCUT2D eigenvalue weighted by Crippen LogP contribution is 2.27. The molecular formula is C11H14BrNO. The van der Waals surface area contributed by atoms with Crippen molar-refractivity contribution in [1.82, 2.24) is 5.32 Å². The molecule has 1 aliphatic heterocycles. The minimum atomic E-state index is 0.327. The third kappa shape index (κ3) is 2.28. The summed E-state index contributed by atoms with van der Waals surface area (Å²) in [5, 5.41) is 3.29. The van der Waals surface area contributed by atoms with E-state index in [1.165, 1.54) is 5.56 Å². The number of rotatable bonds is 2. The first kappa shape index (κ1) is 9.99. The highest BCUT2D eigenvalue weighted by atomic mass is 79.9. The van der Waals surface area contributed by atoms with E-state index in [0.717, 1.165) is 29.7 Å². The summed E-state index contributed by atoms with van der Waals surface area (Å²) < 4.78 is 6.91. The molecule has 1 aromatic rings. The Morgan fingerprint density at radius 1 is 1.50 bits per heavy atom. The van der Waals surface area contributed by atoms with Crippen LogP contribution in [0.25, 0.3) is 0 Å². The molecule has 1 saturated heterocycles. The lowest BCUT2D eigenvalue weighted by atomic mass is 10.2. The fourth-order valence-electron chi connectivity index (χ4n) is 1.61. The monoisotopic (exact) mass is 255 g/mol. The summed E-state index contributed by atoms with van der Waals surface area (Å²) in [5.41, 5.74) is 1.23. The predicted molar refractivity (Wildman–Crippen MR) is 60.8 cm³/mol. The van der Waals surface area contributed by atoms with Gasteiger partial charge in [0.2, 0.25) is 0 Å². The van der Waals surface area contributed by atoms with E-state index in [1.807, 2.05) is 6.07 Å². The van der Waals surface area contributed by atoms with Gasteiger partial charge >= 0.3 is 0 Å². The molecule has 2 nitrogen and oxygen atoms in total. The van der Waals surface area contributed by atoms with Crippen molar-refractivity contribution in [2.45, 2.75) is 19.4 Å². The van der Waals surface area contributed by atoms with Gasteiger partial charge < -0.3 is 10.1 Å². The summed E-state index contributed by atoms with van der Waals surface area (Å²) in [6, 6.07) is 6.18. The van der Waals surface area contributed by atoms with Gasteiger partial charge in [-0.2, -0.15) is 0 Å². The fourth-order valence-corrected chi connectivity index (χ4v) is 1.95. The molecule has 2 rings (SSSR count). The van der Waals surface area contributed by atoms with Crippen LogP contribution in [0.1, 0.15) is 12.0 Å². The largest absolute Gasteiger partial charge is 0.488 e. The lowest BCUT2D eigenvalue weighted by molar-refractivity contribution is 0.221. The number of ether oxygens (including phenoxy) is 1. The van der Waals surface area contributed by atoms with Crippen LogP contribution in [0, 0.1) is 6.92 Å². The average molecular weight is 256 g/mol. The Labute approximate surface area is 92.8 Å². The van der Waals surface area contributed by atoms with Crippen molar-refractivity contribution in [2.75, 3.05) is 13.1 Å². The van der Waals surface area contributed by atoms with E-state index < -0.39 is 0 Å². The SMILES string of the molecule is Cc1ccc(Br)c(OC2CCNC2)c1. The molecule has 14 heavy (non-hydrogen) atoms. The summed E-state index contributed by atoms with van der Waals surface area (Å²) in [7, 11) is 0. The Morgan fingerprint density at radius 2 is 2.36 bits per heavy atom. The summed E-state index contributed by atoms with van der Waals surface area (Å²) in [4.78, 5) is 0. The van der Waals surface area contributed by atoms with Crippen molar-refractivity contribution >= 4 is 15.9 Å². The molecule has 0 bridgehead atoms. The second-order valence-corrected chi connectivity index (χ2v) is 4.52. The number of hydrogen-bond acceptors (Lipinski definition) is 2. The van der Waals surface area contributed by atoms with E-state index >= 15 is 0 Å². The molecule has 1 aromatic carbocycles. The zero-order chi connectivity index (χ0) is 9.97. The van der Waals surface area contributed by atoms with E-state index in [2.05, 4.69) is 40.3 Å². The molecular weight excluding hydrogens is 242 g/mol. The average Bonchev–Trinajstić information content (AvgIpc) is 2.64. The van der Waals surface area contributed by atoms with Crippen LogP contribution in [-0.2, 0) is 0 Å². The van der Waals surface area contributed by atoms with E-state index in [0.29, 0.717) is 6.10 Å². The molecule has 0 spiro atoms. The molecule has 1 aliphatic rings. The van der Waals surface area contributed by atoms with Crippen LogP contribution in [0.2, 0.25) is 0 Å². The number of halogens is 1. The van der Waals surface area contributed by atoms with E-state index in [1.54, 1.807) is 0 Å². The Balaban J connectivity index is 2.10. The smallest absolute Gasteiger partial charge is 0.134 e.